The van der Waals surface area contributed by atoms with Crippen molar-refractivity contribution in [2.45, 2.75) is 13.8 Å². The van der Waals surface area contributed by atoms with Crippen LogP contribution in [0.4, 0.5) is 0 Å². The Morgan fingerprint density at radius 3 is 1.25 bits per heavy atom. The van der Waals surface area contributed by atoms with Crippen molar-refractivity contribution in [1.82, 2.24) is 0 Å². The van der Waals surface area contributed by atoms with Crippen molar-refractivity contribution in [2.24, 2.45) is 0 Å². The molecule has 0 saturated heterocycles. The summed E-state index contributed by atoms with van der Waals surface area (Å²) < 4.78 is 8.06. The summed E-state index contributed by atoms with van der Waals surface area (Å²) in [7, 11) is 1.72. The van der Waals surface area contributed by atoms with E-state index in [0.717, 1.165) is 0 Å². The first-order valence-corrected chi connectivity index (χ1v) is 1.61. The van der Waals surface area contributed by atoms with Crippen molar-refractivity contribution in [1.29, 1.82) is 0 Å². The normalized spacial score (nSPS) is 2.00. The Bertz CT molecular complexity index is 10.8. The number of rotatable bonds is 0. The maximum absolute atomic E-state index is 8.06. The van der Waals surface area contributed by atoms with E-state index in [1.165, 1.54) is 0 Å². The van der Waals surface area contributed by atoms with E-state index in [2.05, 4.69) is 0 Å². The molecule has 0 aromatic carbocycles. The van der Waals surface area contributed by atoms with Crippen molar-refractivity contribution >= 4 is 9.98 Å². The van der Waals surface area contributed by atoms with Gasteiger partial charge in [-0.3, -0.25) is 0 Å². The van der Waals surface area contributed by atoms with Crippen LogP contribution in [0, 0.1) is 0 Å². The van der Waals surface area contributed by atoms with Crippen LogP contribution in [-0.2, 0) is 4.30 Å². The summed E-state index contributed by atoms with van der Waals surface area (Å²) in [4.78, 5) is 0. The molecule has 0 unspecified atom stereocenters. The molecule has 0 bridgehead atoms. The van der Waals surface area contributed by atoms with E-state index in [1.807, 2.05) is 13.8 Å². The van der Waals surface area contributed by atoms with E-state index in [-0.39, 0.29) is 0 Å². The molecule has 0 aliphatic carbocycles. The Morgan fingerprint density at radius 1 is 1.25 bits per heavy atom. The molecule has 0 aliphatic heterocycles. The molecule has 4 heavy (non-hydrogen) atoms. The second-order valence-corrected chi connectivity index (χ2v) is 0. The summed E-state index contributed by atoms with van der Waals surface area (Å²) in [6.07, 6.45) is 0. The van der Waals surface area contributed by atoms with Crippen molar-refractivity contribution in [3.63, 3.8) is 0 Å². The van der Waals surface area contributed by atoms with Crippen LogP contribution in [0.25, 0.3) is 0 Å². The van der Waals surface area contributed by atoms with E-state index in [0.29, 0.717) is 0 Å². The van der Waals surface area contributed by atoms with Crippen molar-refractivity contribution in [3.8, 4) is 0 Å². The van der Waals surface area contributed by atoms with E-state index in [1.54, 1.807) is 9.98 Å². The molecule has 0 fully saturated rings. The van der Waals surface area contributed by atoms with Gasteiger partial charge in [-0.15, -0.1) is 0 Å². The SMILES string of the molecule is CC.[O+]#[Si-]. The Balaban J connectivity index is 0. The molecule has 24 valence electrons. The monoisotopic (exact) mass is 74.0 g/mol. The fourth-order valence-electron chi connectivity index (χ4n) is 0. The topological polar surface area (TPSA) is 19.9 Å². The van der Waals surface area contributed by atoms with Gasteiger partial charge in [-0.1, -0.05) is 13.8 Å². The van der Waals surface area contributed by atoms with Crippen LogP contribution in [0.5, 0.6) is 0 Å². The summed E-state index contributed by atoms with van der Waals surface area (Å²) in [5.41, 5.74) is 0. The molecule has 0 aliphatic rings. The van der Waals surface area contributed by atoms with Crippen LogP contribution in [-0.4, -0.2) is 9.98 Å². The molecule has 0 saturated carbocycles. The van der Waals surface area contributed by atoms with Crippen LogP contribution in [0.2, 0.25) is 0 Å². The average molecular weight is 74.2 g/mol. The third-order valence-corrected chi connectivity index (χ3v) is 0. The standard InChI is InChI=1S/C2H6.OSi/c2*1-2/h1-2H3;. The van der Waals surface area contributed by atoms with E-state index >= 15 is 0 Å². The zero-order valence-electron chi connectivity index (χ0n) is 2.91. The van der Waals surface area contributed by atoms with Gasteiger partial charge >= 0.3 is 14.3 Å². The van der Waals surface area contributed by atoms with Crippen molar-refractivity contribution < 1.29 is 4.30 Å². The van der Waals surface area contributed by atoms with Gasteiger partial charge in [0.25, 0.3) is 0 Å². The second-order valence-electron chi connectivity index (χ2n) is 0. The van der Waals surface area contributed by atoms with Crippen LogP contribution in [0.1, 0.15) is 13.8 Å². The maximum atomic E-state index is 8.06. The fourth-order valence-corrected chi connectivity index (χ4v) is 0. The molecule has 0 amide bonds. The summed E-state index contributed by atoms with van der Waals surface area (Å²) in [6.45, 7) is 4.00. The third-order valence-electron chi connectivity index (χ3n) is 0. The molecule has 0 spiro atoms. The van der Waals surface area contributed by atoms with Gasteiger partial charge in [0.05, 0.1) is 0 Å². The van der Waals surface area contributed by atoms with Gasteiger partial charge in [0.1, 0.15) is 0 Å². The van der Waals surface area contributed by atoms with Crippen molar-refractivity contribution in [3.05, 3.63) is 0 Å². The Labute approximate surface area is 29.2 Å². The van der Waals surface area contributed by atoms with Gasteiger partial charge in [0, 0.05) is 0 Å². The third kappa shape index (κ3) is 96.4. The minimum absolute atomic E-state index is 1.72. The van der Waals surface area contributed by atoms with E-state index < -0.39 is 0 Å². The summed E-state index contributed by atoms with van der Waals surface area (Å²) in [5, 5.41) is 0. The van der Waals surface area contributed by atoms with Gasteiger partial charge in [-0.2, -0.15) is 0 Å². The number of hydrogen-bond acceptors (Lipinski definition) is 0. The quantitative estimate of drug-likeness (QED) is 0.295. The zero-order chi connectivity index (χ0) is 4.00. The fraction of sp³-hybridized carbons (Fsp3) is 1.00. The van der Waals surface area contributed by atoms with Crippen LogP contribution >= 0.6 is 0 Å². The van der Waals surface area contributed by atoms with E-state index in [4.69, 9.17) is 4.30 Å². The molecule has 0 aromatic rings. The summed E-state index contributed by atoms with van der Waals surface area (Å²) >= 11 is 0. The molecule has 0 rings (SSSR count). The summed E-state index contributed by atoms with van der Waals surface area (Å²) in [6, 6.07) is 0. The molecule has 1 nitrogen and oxygen atoms in total. The second kappa shape index (κ2) is 481. The van der Waals surface area contributed by atoms with Gasteiger partial charge in [0.15, 0.2) is 0 Å². The van der Waals surface area contributed by atoms with Crippen LogP contribution in [0.15, 0.2) is 0 Å². The summed E-state index contributed by atoms with van der Waals surface area (Å²) in [5.74, 6) is 0. The molecule has 0 N–H and O–H groups in total. The zero-order valence-corrected chi connectivity index (χ0v) is 3.91. The Hall–Kier alpha value is 0.177. The van der Waals surface area contributed by atoms with Gasteiger partial charge in [-0.05, 0) is 0 Å². The first-order valence-electron chi connectivity index (χ1n) is 1.20. The molecule has 2 heteroatoms. The molecular weight excluding hydrogens is 68.1 g/mol. The van der Waals surface area contributed by atoms with Crippen molar-refractivity contribution in [2.75, 3.05) is 0 Å². The van der Waals surface area contributed by atoms with Gasteiger partial charge in [0.2, 0.25) is 0 Å². The Morgan fingerprint density at radius 2 is 1.25 bits per heavy atom. The predicted octanol–water partition coefficient (Wildman–Crippen LogP) is 0.527. The van der Waals surface area contributed by atoms with Gasteiger partial charge < -0.3 is 0 Å². The molecule has 0 radical (unpaired) electrons. The molecule has 0 aromatic heterocycles. The minimum atomic E-state index is 1.72. The first-order chi connectivity index (χ1) is 2.00. The molecule has 0 atom stereocenters. The van der Waals surface area contributed by atoms with Gasteiger partial charge in [-0.25, -0.2) is 0 Å². The first kappa shape index (κ1) is 8.90. The van der Waals surface area contributed by atoms with E-state index in [9.17, 15) is 0 Å². The Kier molecular flexibility index (Phi) is 1070. The average Bonchev–Trinajstić information content (AvgIpc) is 1.50. The molecular formula is C2H6OSi. The van der Waals surface area contributed by atoms with Crippen LogP contribution in [0.3, 0.4) is 0 Å². The van der Waals surface area contributed by atoms with Crippen LogP contribution < -0.4 is 0 Å². The molecule has 0 heterocycles. The predicted molar refractivity (Wildman–Crippen MR) is 17.8 cm³/mol. The number of hydrogen-bond donors (Lipinski definition) is 0.